The fourth-order valence-corrected chi connectivity index (χ4v) is 3.09. The first kappa shape index (κ1) is 13.2. The van der Waals surface area contributed by atoms with E-state index in [-0.39, 0.29) is 0 Å². The maximum absolute atomic E-state index is 4.48. The van der Waals surface area contributed by atoms with Gasteiger partial charge in [0.05, 0.1) is 10.7 Å². The Bertz CT molecular complexity index is 507. The van der Waals surface area contributed by atoms with Crippen LogP contribution in [0.2, 0.25) is 0 Å². The zero-order chi connectivity index (χ0) is 13.1. The Labute approximate surface area is 112 Å². The zero-order valence-electron chi connectivity index (χ0n) is 11.3. The average Bonchev–Trinajstić information content (AvgIpc) is 2.69. The monoisotopic (exact) mass is 261 g/mol. The van der Waals surface area contributed by atoms with Gasteiger partial charge in [0.1, 0.15) is 0 Å². The maximum Gasteiger partial charge on any atom is 0.0900 e. The lowest BCUT2D eigenvalue weighted by Gasteiger charge is -2.19. The molecule has 0 aliphatic rings. The molecule has 0 spiro atoms. The average molecular weight is 261 g/mol. The predicted molar refractivity (Wildman–Crippen MR) is 75.8 cm³/mol. The molecule has 2 rings (SSSR count). The van der Waals surface area contributed by atoms with E-state index in [1.54, 1.807) is 11.3 Å². The second kappa shape index (κ2) is 5.59. The number of hydrogen-bond donors (Lipinski definition) is 1. The second-order valence-corrected chi connectivity index (χ2v) is 5.81. The van der Waals surface area contributed by atoms with E-state index in [2.05, 4.69) is 55.1 Å². The number of nitrogens with zero attached hydrogens (tertiary/aromatic N) is 2. The van der Waals surface area contributed by atoms with Crippen molar-refractivity contribution in [1.82, 2.24) is 15.3 Å². The van der Waals surface area contributed by atoms with E-state index in [0.717, 1.165) is 10.7 Å². The number of aromatic nitrogens is 2. The lowest BCUT2D eigenvalue weighted by atomic mass is 10.1. The fraction of sp³-hybridized carbons (Fsp3) is 0.429. The van der Waals surface area contributed by atoms with Gasteiger partial charge in [0.15, 0.2) is 0 Å². The molecule has 0 radical (unpaired) electrons. The van der Waals surface area contributed by atoms with Crippen molar-refractivity contribution in [3.63, 3.8) is 0 Å². The van der Waals surface area contributed by atoms with E-state index >= 15 is 0 Å². The molecule has 4 heteroatoms. The minimum atomic E-state index is 0.310. The van der Waals surface area contributed by atoms with E-state index in [0.29, 0.717) is 12.1 Å². The standard InChI is InChI=1S/C14H19N3S/c1-9(13-5-7-15-8-6-13)16-10(2)14-11(3)17-12(4)18-14/h5-10,16H,1-4H3/t9-,10?/m1/s1. The number of nitrogens with one attached hydrogen (secondary N) is 1. The molecule has 0 aliphatic carbocycles. The first-order valence-electron chi connectivity index (χ1n) is 6.18. The Hall–Kier alpha value is -1.26. The molecule has 96 valence electrons. The third kappa shape index (κ3) is 2.94. The highest BCUT2D eigenvalue weighted by Crippen LogP contribution is 2.26. The van der Waals surface area contributed by atoms with Gasteiger partial charge in [-0.1, -0.05) is 0 Å². The summed E-state index contributed by atoms with van der Waals surface area (Å²) in [6, 6.07) is 4.73. The molecule has 1 N–H and O–H groups in total. The molecule has 2 heterocycles. The van der Waals surface area contributed by atoms with Crippen LogP contribution in [-0.2, 0) is 0 Å². The van der Waals surface area contributed by atoms with Crippen LogP contribution in [0.1, 0.15) is 47.1 Å². The third-order valence-corrected chi connectivity index (χ3v) is 4.29. The molecule has 0 amide bonds. The summed E-state index contributed by atoms with van der Waals surface area (Å²) in [5.41, 5.74) is 2.40. The van der Waals surface area contributed by atoms with Crippen molar-refractivity contribution in [3.05, 3.63) is 45.7 Å². The van der Waals surface area contributed by atoms with Crippen LogP contribution in [0.15, 0.2) is 24.5 Å². The van der Waals surface area contributed by atoms with Crippen LogP contribution >= 0.6 is 11.3 Å². The molecule has 2 aromatic heterocycles. The lowest BCUT2D eigenvalue weighted by Crippen LogP contribution is -2.22. The molecule has 2 aromatic rings. The summed E-state index contributed by atoms with van der Waals surface area (Å²) in [4.78, 5) is 9.85. The normalized spacial score (nSPS) is 14.4. The molecule has 3 nitrogen and oxygen atoms in total. The zero-order valence-corrected chi connectivity index (χ0v) is 12.1. The van der Waals surface area contributed by atoms with Crippen LogP contribution in [0, 0.1) is 13.8 Å². The Kier molecular flexibility index (Phi) is 4.09. The van der Waals surface area contributed by atoms with Crippen molar-refractivity contribution in [2.75, 3.05) is 0 Å². The highest BCUT2D eigenvalue weighted by Gasteiger charge is 2.15. The summed E-state index contributed by atoms with van der Waals surface area (Å²) in [6.07, 6.45) is 3.67. The van der Waals surface area contributed by atoms with E-state index < -0.39 is 0 Å². The summed E-state index contributed by atoms with van der Waals surface area (Å²) >= 11 is 1.77. The molecular formula is C14H19N3S. The Morgan fingerprint density at radius 2 is 1.78 bits per heavy atom. The number of thiazole rings is 1. The van der Waals surface area contributed by atoms with Gasteiger partial charge in [0.2, 0.25) is 0 Å². The van der Waals surface area contributed by atoms with Crippen molar-refractivity contribution in [2.24, 2.45) is 0 Å². The van der Waals surface area contributed by atoms with Gasteiger partial charge in [-0.05, 0) is 45.4 Å². The van der Waals surface area contributed by atoms with Crippen molar-refractivity contribution in [1.29, 1.82) is 0 Å². The Morgan fingerprint density at radius 1 is 1.11 bits per heavy atom. The Balaban J connectivity index is 2.08. The van der Waals surface area contributed by atoms with Crippen molar-refractivity contribution >= 4 is 11.3 Å². The summed E-state index contributed by atoms with van der Waals surface area (Å²) in [5.74, 6) is 0. The van der Waals surface area contributed by atoms with Crippen LogP contribution in [0.5, 0.6) is 0 Å². The molecule has 1 unspecified atom stereocenters. The molecular weight excluding hydrogens is 242 g/mol. The van der Waals surface area contributed by atoms with Crippen molar-refractivity contribution < 1.29 is 0 Å². The Morgan fingerprint density at radius 3 is 2.33 bits per heavy atom. The molecule has 0 saturated heterocycles. The van der Waals surface area contributed by atoms with Crippen molar-refractivity contribution in [3.8, 4) is 0 Å². The molecule has 0 saturated carbocycles. The van der Waals surface area contributed by atoms with Crippen molar-refractivity contribution in [2.45, 2.75) is 39.8 Å². The fourth-order valence-electron chi connectivity index (χ4n) is 2.15. The predicted octanol–water partition coefficient (Wildman–Crippen LogP) is 3.57. The van der Waals surface area contributed by atoms with E-state index in [4.69, 9.17) is 0 Å². The minimum Gasteiger partial charge on any atom is -0.303 e. The number of hydrogen-bond acceptors (Lipinski definition) is 4. The van der Waals surface area contributed by atoms with E-state index in [9.17, 15) is 0 Å². The summed E-state index contributed by atoms with van der Waals surface area (Å²) in [5, 5.41) is 4.74. The number of aryl methyl sites for hydroxylation is 2. The van der Waals surface area contributed by atoms with Gasteiger partial charge < -0.3 is 5.32 Å². The van der Waals surface area contributed by atoms with Gasteiger partial charge in [0, 0.05) is 29.4 Å². The van der Waals surface area contributed by atoms with Crippen LogP contribution in [0.4, 0.5) is 0 Å². The SMILES string of the molecule is Cc1nc(C)c(C(C)N[C@H](C)c2ccncc2)s1. The quantitative estimate of drug-likeness (QED) is 0.914. The van der Waals surface area contributed by atoms with Gasteiger partial charge in [-0.15, -0.1) is 11.3 Å². The summed E-state index contributed by atoms with van der Waals surface area (Å²) in [7, 11) is 0. The van der Waals surface area contributed by atoms with Gasteiger partial charge in [-0.3, -0.25) is 4.98 Å². The van der Waals surface area contributed by atoms with Crippen LogP contribution < -0.4 is 5.32 Å². The lowest BCUT2D eigenvalue weighted by molar-refractivity contribution is 0.498. The molecule has 2 atom stereocenters. The number of rotatable bonds is 4. The molecule has 0 aromatic carbocycles. The minimum absolute atomic E-state index is 0.310. The van der Waals surface area contributed by atoms with Crippen LogP contribution in [0.25, 0.3) is 0 Å². The van der Waals surface area contributed by atoms with E-state index in [1.807, 2.05) is 12.4 Å². The molecule has 0 fully saturated rings. The first-order chi connectivity index (χ1) is 8.58. The van der Waals surface area contributed by atoms with Gasteiger partial charge in [0.25, 0.3) is 0 Å². The van der Waals surface area contributed by atoms with E-state index in [1.165, 1.54) is 10.4 Å². The third-order valence-electron chi connectivity index (χ3n) is 3.04. The summed E-state index contributed by atoms with van der Waals surface area (Å²) in [6.45, 7) is 8.50. The molecule has 0 bridgehead atoms. The van der Waals surface area contributed by atoms with Crippen LogP contribution in [-0.4, -0.2) is 9.97 Å². The molecule has 0 aliphatic heterocycles. The highest BCUT2D eigenvalue weighted by atomic mass is 32.1. The topological polar surface area (TPSA) is 37.8 Å². The largest absolute Gasteiger partial charge is 0.303 e. The second-order valence-electron chi connectivity index (χ2n) is 4.57. The van der Waals surface area contributed by atoms with Crippen LogP contribution in [0.3, 0.4) is 0 Å². The maximum atomic E-state index is 4.48. The smallest absolute Gasteiger partial charge is 0.0900 e. The van der Waals surface area contributed by atoms with Gasteiger partial charge >= 0.3 is 0 Å². The number of pyridine rings is 1. The van der Waals surface area contributed by atoms with Gasteiger partial charge in [-0.2, -0.15) is 0 Å². The van der Waals surface area contributed by atoms with Gasteiger partial charge in [-0.25, -0.2) is 4.98 Å². The summed E-state index contributed by atoms with van der Waals surface area (Å²) < 4.78 is 0. The molecule has 18 heavy (non-hydrogen) atoms. The first-order valence-corrected chi connectivity index (χ1v) is 6.99. The highest BCUT2D eigenvalue weighted by molar-refractivity contribution is 7.11.